The lowest BCUT2D eigenvalue weighted by Crippen LogP contribution is -2.05. The topological polar surface area (TPSA) is 106 Å². The van der Waals surface area contributed by atoms with E-state index in [9.17, 15) is 13.5 Å². The normalized spacial score (nSPS) is 11.3. The predicted molar refractivity (Wildman–Crippen MR) is 68.8 cm³/mol. The van der Waals surface area contributed by atoms with Gasteiger partial charge in [-0.15, -0.1) is 0 Å². The van der Waals surface area contributed by atoms with E-state index in [1.165, 1.54) is 24.3 Å². The molecule has 0 atom stereocenters. The van der Waals surface area contributed by atoms with Gasteiger partial charge >= 0.3 is 0 Å². The van der Waals surface area contributed by atoms with Gasteiger partial charge in [-0.1, -0.05) is 18.2 Å². The van der Waals surface area contributed by atoms with Gasteiger partial charge in [0.2, 0.25) is 9.84 Å². The quantitative estimate of drug-likeness (QED) is 0.561. The maximum atomic E-state index is 12.3. The Morgan fingerprint density at radius 1 is 0.944 bits per heavy atom. The number of benzene rings is 2. The van der Waals surface area contributed by atoms with Crippen molar-refractivity contribution in [3.05, 3.63) is 42.5 Å². The minimum Gasteiger partial charge on any atom is -0.504 e. The molecule has 0 aromatic heterocycles. The Labute approximate surface area is 105 Å². The first-order valence-corrected chi connectivity index (χ1v) is 6.60. The number of sulfone groups is 1. The van der Waals surface area contributed by atoms with Gasteiger partial charge in [-0.3, -0.25) is 0 Å². The van der Waals surface area contributed by atoms with E-state index in [0.717, 1.165) is 0 Å². The van der Waals surface area contributed by atoms with Gasteiger partial charge in [0, 0.05) is 0 Å². The van der Waals surface area contributed by atoms with E-state index in [1.807, 2.05) is 0 Å². The number of hydrogen-bond acceptors (Lipinski definition) is 5. The Kier molecular flexibility index (Phi) is 2.88. The highest BCUT2D eigenvalue weighted by Gasteiger charge is 2.23. The van der Waals surface area contributed by atoms with Gasteiger partial charge in [0.15, 0.2) is 5.75 Å². The fourth-order valence-electron chi connectivity index (χ4n) is 1.55. The number of phenols is 1. The van der Waals surface area contributed by atoms with E-state index in [1.54, 1.807) is 18.2 Å². The smallest absolute Gasteiger partial charge is 0.210 e. The van der Waals surface area contributed by atoms with Crippen LogP contribution in [-0.4, -0.2) is 13.5 Å². The second kappa shape index (κ2) is 4.23. The summed E-state index contributed by atoms with van der Waals surface area (Å²) in [6, 6.07) is 10.4. The molecule has 2 rings (SSSR count). The van der Waals surface area contributed by atoms with Crippen molar-refractivity contribution in [1.82, 2.24) is 0 Å². The first-order valence-electron chi connectivity index (χ1n) is 5.11. The molecule has 0 amide bonds. The average molecular weight is 264 g/mol. The number of aromatic hydroxyl groups is 1. The fourth-order valence-corrected chi connectivity index (χ4v) is 2.93. The van der Waals surface area contributed by atoms with Crippen LogP contribution in [0.4, 0.5) is 11.4 Å². The maximum Gasteiger partial charge on any atom is 0.210 e. The van der Waals surface area contributed by atoms with Crippen molar-refractivity contribution >= 4 is 21.2 Å². The maximum absolute atomic E-state index is 12.3. The summed E-state index contributed by atoms with van der Waals surface area (Å²) in [4.78, 5) is -0.162. The first-order chi connectivity index (χ1) is 8.44. The van der Waals surface area contributed by atoms with Crippen LogP contribution in [0.5, 0.6) is 5.75 Å². The number of nitrogen functional groups attached to an aromatic ring is 2. The monoisotopic (exact) mass is 264 g/mol. The molecule has 0 heterocycles. The van der Waals surface area contributed by atoms with Gasteiger partial charge in [-0.25, -0.2) is 8.42 Å². The summed E-state index contributed by atoms with van der Waals surface area (Å²) in [5.74, 6) is -0.515. The lowest BCUT2D eigenvalue weighted by Gasteiger charge is -2.10. The molecule has 2 aromatic carbocycles. The Morgan fingerprint density at radius 2 is 1.56 bits per heavy atom. The number of anilines is 2. The summed E-state index contributed by atoms with van der Waals surface area (Å²) < 4.78 is 24.5. The van der Waals surface area contributed by atoms with Crippen LogP contribution < -0.4 is 11.5 Å². The number of nitrogens with two attached hydrogens (primary N) is 2. The zero-order chi connectivity index (χ0) is 13.3. The summed E-state index contributed by atoms with van der Waals surface area (Å²) in [7, 11) is -3.79. The zero-order valence-electron chi connectivity index (χ0n) is 9.37. The van der Waals surface area contributed by atoms with Crippen LogP contribution >= 0.6 is 0 Å². The summed E-state index contributed by atoms with van der Waals surface area (Å²) >= 11 is 0. The Bertz CT molecular complexity index is 682. The molecule has 0 aliphatic carbocycles. The molecule has 0 fully saturated rings. The minimum atomic E-state index is -3.79. The standard InChI is InChI=1S/C12H12N2O3S/c13-9-6-7-10(12(15)11(9)14)18(16,17)8-4-2-1-3-5-8/h1-7,15H,13-14H2. The van der Waals surface area contributed by atoms with Gasteiger partial charge in [0.05, 0.1) is 16.3 Å². The molecular formula is C12H12N2O3S. The molecular weight excluding hydrogens is 252 g/mol. The van der Waals surface area contributed by atoms with Crippen molar-refractivity contribution in [3.63, 3.8) is 0 Å². The number of phenolic OH excluding ortho intramolecular Hbond substituents is 1. The lowest BCUT2D eigenvalue weighted by atomic mass is 10.2. The summed E-state index contributed by atoms with van der Waals surface area (Å²) in [6.07, 6.45) is 0. The third-order valence-electron chi connectivity index (χ3n) is 2.56. The van der Waals surface area contributed by atoms with E-state index in [4.69, 9.17) is 11.5 Å². The number of hydrogen-bond donors (Lipinski definition) is 3. The van der Waals surface area contributed by atoms with Crippen LogP contribution in [-0.2, 0) is 9.84 Å². The molecule has 0 radical (unpaired) electrons. The molecule has 0 aliphatic rings. The molecule has 0 spiro atoms. The largest absolute Gasteiger partial charge is 0.504 e. The highest BCUT2D eigenvalue weighted by Crippen LogP contribution is 2.36. The SMILES string of the molecule is Nc1ccc(S(=O)(=O)c2ccccc2)c(O)c1N. The van der Waals surface area contributed by atoms with E-state index in [0.29, 0.717) is 0 Å². The van der Waals surface area contributed by atoms with Gasteiger partial charge in [0.1, 0.15) is 4.90 Å². The van der Waals surface area contributed by atoms with Crippen LogP contribution in [0.2, 0.25) is 0 Å². The predicted octanol–water partition coefficient (Wildman–Crippen LogP) is 1.39. The number of rotatable bonds is 2. The fraction of sp³-hybridized carbons (Fsp3) is 0. The van der Waals surface area contributed by atoms with Crippen LogP contribution in [0.25, 0.3) is 0 Å². The molecule has 2 aromatic rings. The first kappa shape index (κ1) is 12.3. The molecule has 5 nitrogen and oxygen atoms in total. The molecule has 18 heavy (non-hydrogen) atoms. The molecule has 5 N–H and O–H groups in total. The van der Waals surface area contributed by atoms with Gasteiger partial charge in [0.25, 0.3) is 0 Å². The van der Waals surface area contributed by atoms with Gasteiger partial charge in [-0.2, -0.15) is 0 Å². The van der Waals surface area contributed by atoms with Gasteiger partial charge in [-0.05, 0) is 24.3 Å². The van der Waals surface area contributed by atoms with E-state index < -0.39 is 15.6 Å². The molecule has 6 heteroatoms. The Balaban J connectivity index is 2.67. The Morgan fingerprint density at radius 3 is 2.17 bits per heavy atom. The molecule has 0 aliphatic heterocycles. The second-order valence-corrected chi connectivity index (χ2v) is 5.65. The van der Waals surface area contributed by atoms with Crippen molar-refractivity contribution in [2.75, 3.05) is 11.5 Å². The van der Waals surface area contributed by atoms with Crippen molar-refractivity contribution < 1.29 is 13.5 Å². The highest BCUT2D eigenvalue weighted by atomic mass is 32.2. The van der Waals surface area contributed by atoms with Crippen molar-refractivity contribution in [2.45, 2.75) is 9.79 Å². The van der Waals surface area contributed by atoms with Crippen LogP contribution in [0.3, 0.4) is 0 Å². The third kappa shape index (κ3) is 1.86. The average Bonchev–Trinajstić information content (AvgIpc) is 2.37. The molecule has 94 valence electrons. The summed E-state index contributed by atoms with van der Waals surface area (Å²) in [6.45, 7) is 0. The second-order valence-electron chi connectivity index (χ2n) is 3.73. The summed E-state index contributed by atoms with van der Waals surface area (Å²) in [5.41, 5.74) is 11.0. The van der Waals surface area contributed by atoms with Crippen molar-refractivity contribution in [1.29, 1.82) is 0 Å². The van der Waals surface area contributed by atoms with Crippen LogP contribution in [0.15, 0.2) is 52.3 Å². The minimum absolute atomic E-state index is 0.0875. The summed E-state index contributed by atoms with van der Waals surface area (Å²) in [5, 5.41) is 9.79. The van der Waals surface area contributed by atoms with E-state index >= 15 is 0 Å². The van der Waals surface area contributed by atoms with Crippen molar-refractivity contribution in [3.8, 4) is 5.75 Å². The zero-order valence-corrected chi connectivity index (χ0v) is 10.2. The Hall–Kier alpha value is -2.21. The molecule has 0 saturated heterocycles. The molecule has 0 bridgehead atoms. The van der Waals surface area contributed by atoms with E-state index in [-0.39, 0.29) is 21.2 Å². The lowest BCUT2D eigenvalue weighted by molar-refractivity contribution is 0.462. The van der Waals surface area contributed by atoms with Crippen LogP contribution in [0, 0.1) is 0 Å². The molecule has 0 unspecified atom stereocenters. The van der Waals surface area contributed by atoms with Gasteiger partial charge < -0.3 is 16.6 Å². The van der Waals surface area contributed by atoms with E-state index in [2.05, 4.69) is 0 Å². The third-order valence-corrected chi connectivity index (χ3v) is 4.36. The highest BCUT2D eigenvalue weighted by molar-refractivity contribution is 7.91. The van der Waals surface area contributed by atoms with Crippen LogP contribution in [0.1, 0.15) is 0 Å². The molecule has 0 saturated carbocycles. The van der Waals surface area contributed by atoms with Crippen molar-refractivity contribution in [2.24, 2.45) is 0 Å².